The first kappa shape index (κ1) is 21.7. The first-order valence-electron chi connectivity index (χ1n) is 11.4. The Morgan fingerprint density at radius 2 is 1.94 bits per heavy atom. The lowest BCUT2D eigenvalue weighted by atomic mass is 10.0. The van der Waals surface area contributed by atoms with Crippen LogP contribution in [0.5, 0.6) is 11.5 Å². The van der Waals surface area contributed by atoms with Crippen LogP contribution >= 0.6 is 0 Å². The topological polar surface area (TPSA) is 51.6 Å². The molecule has 2 aromatic rings. The lowest BCUT2D eigenvalue weighted by molar-refractivity contribution is 0.170. The van der Waals surface area contributed by atoms with Gasteiger partial charge in [-0.25, -0.2) is 0 Å². The zero-order chi connectivity index (χ0) is 21.5. The highest BCUT2D eigenvalue weighted by atomic mass is 16.6. The fourth-order valence-corrected chi connectivity index (χ4v) is 4.31. The van der Waals surface area contributed by atoms with Crippen molar-refractivity contribution in [3.63, 3.8) is 0 Å². The van der Waals surface area contributed by atoms with Crippen LogP contribution in [0.2, 0.25) is 0 Å². The molecule has 0 spiro atoms. The third-order valence-electron chi connectivity index (χ3n) is 6.08. The second-order valence-corrected chi connectivity index (χ2v) is 8.15. The van der Waals surface area contributed by atoms with Crippen LogP contribution in [0.3, 0.4) is 0 Å². The number of rotatable bonds is 7. The largest absolute Gasteiger partial charge is 0.486 e. The molecule has 4 heterocycles. The van der Waals surface area contributed by atoms with Crippen LogP contribution in [-0.4, -0.2) is 53.3 Å². The van der Waals surface area contributed by atoms with E-state index >= 15 is 0 Å². The molecule has 1 N–H and O–H groups in total. The number of piperidine rings is 1. The molecule has 4 rings (SSSR count). The minimum absolute atomic E-state index is 0.541. The van der Waals surface area contributed by atoms with E-state index in [1.54, 1.807) is 6.20 Å². The van der Waals surface area contributed by atoms with Gasteiger partial charge in [-0.2, -0.15) is 0 Å². The summed E-state index contributed by atoms with van der Waals surface area (Å²) in [6.45, 7) is 10.5. The van der Waals surface area contributed by atoms with Gasteiger partial charge in [0.2, 0.25) is 0 Å². The Balaban J connectivity index is 1.23. The molecule has 1 saturated heterocycles. The second-order valence-electron chi connectivity index (χ2n) is 8.15. The van der Waals surface area contributed by atoms with Crippen molar-refractivity contribution >= 4 is 12.2 Å². The van der Waals surface area contributed by atoms with Gasteiger partial charge in [-0.15, -0.1) is 0 Å². The lowest BCUT2D eigenvalue weighted by Gasteiger charge is -2.32. The van der Waals surface area contributed by atoms with E-state index in [2.05, 4.69) is 63.3 Å². The Hall–Kier alpha value is -2.57. The van der Waals surface area contributed by atoms with Gasteiger partial charge >= 0.3 is 0 Å². The summed E-state index contributed by atoms with van der Waals surface area (Å²) in [5.41, 5.74) is 1.01. The van der Waals surface area contributed by atoms with Gasteiger partial charge in [0, 0.05) is 43.3 Å². The van der Waals surface area contributed by atoms with Gasteiger partial charge in [-0.3, -0.25) is 4.98 Å². The standard InChI is InChI=1S/C25H34N4O2/c1-3-5-6-20-7-12-29(23(20)4-2)14-13-28-10-8-21(9-11-28)26-18-22-17-24-25(19-27-22)31-16-15-30-24/h3-7,12,17,19,21,26H,8-11,13-16,18H2,1-2H3/b5-3-,20-6-,23-4+. The molecule has 2 aromatic heterocycles. The zero-order valence-electron chi connectivity index (χ0n) is 18.7. The number of fused-ring (bicyclic) bond motifs is 1. The third-order valence-corrected chi connectivity index (χ3v) is 6.08. The molecule has 6 heteroatoms. The molecule has 0 unspecified atom stereocenters. The number of hydrogen-bond acceptors (Lipinski definition) is 5. The minimum Gasteiger partial charge on any atom is -0.486 e. The lowest BCUT2D eigenvalue weighted by Crippen LogP contribution is -2.43. The maximum absolute atomic E-state index is 5.66. The van der Waals surface area contributed by atoms with Crippen molar-refractivity contribution in [1.82, 2.24) is 19.8 Å². The van der Waals surface area contributed by atoms with E-state index in [4.69, 9.17) is 9.47 Å². The van der Waals surface area contributed by atoms with E-state index in [9.17, 15) is 0 Å². The fraction of sp³-hybridized carbons (Fsp3) is 0.480. The fourth-order valence-electron chi connectivity index (χ4n) is 4.31. The maximum atomic E-state index is 5.66. The maximum Gasteiger partial charge on any atom is 0.179 e. The van der Waals surface area contributed by atoms with Crippen LogP contribution in [0.15, 0.2) is 36.7 Å². The van der Waals surface area contributed by atoms with Crippen LogP contribution in [-0.2, 0) is 13.1 Å². The summed E-state index contributed by atoms with van der Waals surface area (Å²) >= 11 is 0. The van der Waals surface area contributed by atoms with Crippen LogP contribution in [0.25, 0.3) is 12.2 Å². The molecule has 0 aliphatic carbocycles. The van der Waals surface area contributed by atoms with Crippen molar-refractivity contribution in [1.29, 1.82) is 0 Å². The summed E-state index contributed by atoms with van der Waals surface area (Å²) in [6, 6.07) is 4.74. The molecule has 1 fully saturated rings. The van der Waals surface area contributed by atoms with E-state index in [0.29, 0.717) is 19.3 Å². The van der Waals surface area contributed by atoms with Crippen molar-refractivity contribution in [2.75, 3.05) is 32.8 Å². The Morgan fingerprint density at radius 3 is 2.71 bits per heavy atom. The molecule has 0 saturated carbocycles. The highest BCUT2D eigenvalue weighted by Crippen LogP contribution is 2.29. The molecule has 31 heavy (non-hydrogen) atoms. The first-order valence-corrected chi connectivity index (χ1v) is 11.4. The summed E-state index contributed by atoms with van der Waals surface area (Å²) in [7, 11) is 0. The highest BCUT2D eigenvalue weighted by Gasteiger charge is 2.19. The second kappa shape index (κ2) is 10.6. The molecule has 0 aromatic carbocycles. The molecule has 0 atom stereocenters. The van der Waals surface area contributed by atoms with Crippen molar-refractivity contribution in [3.8, 4) is 11.5 Å². The van der Waals surface area contributed by atoms with Gasteiger partial charge in [-0.05, 0) is 51.1 Å². The first-order chi connectivity index (χ1) is 15.3. The molecular weight excluding hydrogens is 388 g/mol. The number of likely N-dealkylation sites (tertiary alicyclic amines) is 1. The number of allylic oxidation sites excluding steroid dienone is 2. The number of ether oxygens (including phenoxy) is 2. The van der Waals surface area contributed by atoms with Crippen molar-refractivity contribution in [3.05, 3.63) is 52.9 Å². The molecule has 0 radical (unpaired) electrons. The van der Waals surface area contributed by atoms with E-state index in [1.807, 2.05) is 13.0 Å². The van der Waals surface area contributed by atoms with E-state index < -0.39 is 0 Å². The monoisotopic (exact) mass is 422 g/mol. The Kier molecular flexibility index (Phi) is 7.43. The Labute approximate surface area is 184 Å². The summed E-state index contributed by atoms with van der Waals surface area (Å²) in [4.78, 5) is 7.08. The van der Waals surface area contributed by atoms with E-state index in [1.165, 1.54) is 23.4 Å². The molecular formula is C25H34N4O2. The number of hydrogen-bond donors (Lipinski definition) is 1. The average molecular weight is 423 g/mol. The van der Waals surface area contributed by atoms with Gasteiger partial charge in [-0.1, -0.05) is 24.3 Å². The van der Waals surface area contributed by atoms with Crippen LogP contribution in [0.4, 0.5) is 0 Å². The van der Waals surface area contributed by atoms with Crippen LogP contribution < -0.4 is 25.4 Å². The van der Waals surface area contributed by atoms with E-state index in [-0.39, 0.29) is 0 Å². The summed E-state index contributed by atoms with van der Waals surface area (Å²) in [5.74, 6) is 1.56. The summed E-state index contributed by atoms with van der Waals surface area (Å²) in [5, 5.41) is 6.27. The molecule has 6 nitrogen and oxygen atoms in total. The van der Waals surface area contributed by atoms with Crippen molar-refractivity contribution < 1.29 is 9.47 Å². The molecule has 2 aliphatic heterocycles. The number of nitrogens with zero attached hydrogens (tertiary/aromatic N) is 3. The van der Waals surface area contributed by atoms with Crippen molar-refractivity contribution in [2.45, 2.75) is 45.8 Å². The van der Waals surface area contributed by atoms with Gasteiger partial charge in [0.05, 0.1) is 11.9 Å². The van der Waals surface area contributed by atoms with Gasteiger partial charge in [0.15, 0.2) is 11.5 Å². The predicted molar refractivity (Wildman–Crippen MR) is 125 cm³/mol. The average Bonchev–Trinajstić information content (AvgIpc) is 3.22. The van der Waals surface area contributed by atoms with Gasteiger partial charge in [0.1, 0.15) is 13.2 Å². The minimum atomic E-state index is 0.541. The van der Waals surface area contributed by atoms with Crippen LogP contribution in [0.1, 0.15) is 32.4 Å². The third kappa shape index (κ3) is 5.57. The van der Waals surface area contributed by atoms with E-state index in [0.717, 1.165) is 49.9 Å². The van der Waals surface area contributed by atoms with Crippen molar-refractivity contribution in [2.24, 2.45) is 0 Å². The Morgan fingerprint density at radius 1 is 1.13 bits per heavy atom. The molecule has 166 valence electrons. The molecule has 2 aliphatic rings. The number of nitrogens with one attached hydrogen (secondary N) is 1. The van der Waals surface area contributed by atoms with Gasteiger partial charge < -0.3 is 24.3 Å². The van der Waals surface area contributed by atoms with Gasteiger partial charge in [0.25, 0.3) is 0 Å². The quantitative estimate of drug-likeness (QED) is 0.740. The normalized spacial score (nSPS) is 18.9. The predicted octanol–water partition coefficient (Wildman–Crippen LogP) is 2.07. The molecule has 0 amide bonds. The SMILES string of the molecule is C\C=C/C=c1/ccn(CCN2CCC(NCc3cc4c(cn3)OCCO4)CC2)/c1=C/C. The van der Waals surface area contributed by atoms with Crippen LogP contribution in [0, 0.1) is 0 Å². The number of pyridine rings is 1. The number of aromatic nitrogens is 2. The summed E-state index contributed by atoms with van der Waals surface area (Å²) < 4.78 is 13.6. The summed E-state index contributed by atoms with van der Waals surface area (Å²) in [6.07, 6.45) is 14.9. The zero-order valence-corrected chi connectivity index (χ0v) is 18.7. The smallest absolute Gasteiger partial charge is 0.179 e. The highest BCUT2D eigenvalue weighted by molar-refractivity contribution is 5.40. The molecule has 0 bridgehead atoms. The Bertz CT molecular complexity index is 1000.